The molecule has 3 rings (SSSR count). The smallest absolute Gasteiger partial charge is 0.332 e. The minimum absolute atomic E-state index is 0.332. The van der Waals surface area contributed by atoms with Gasteiger partial charge in [0.1, 0.15) is 11.9 Å². The van der Waals surface area contributed by atoms with Crippen LogP contribution in [0.2, 0.25) is 0 Å². The topological polar surface area (TPSA) is 98.0 Å². The average Bonchev–Trinajstić information content (AvgIpc) is 3.23. The molecule has 1 amide bonds. The van der Waals surface area contributed by atoms with Crippen LogP contribution in [0.3, 0.4) is 0 Å². The SMILES string of the molecule is CCOc1cccc2cc(C(C)NC(=O)[C@@H]3CC[C@H](C(=O)O)O3)oc12. The molecule has 2 heterocycles. The van der Waals surface area contributed by atoms with E-state index in [1.54, 1.807) is 6.92 Å². The van der Waals surface area contributed by atoms with Crippen molar-refractivity contribution in [2.24, 2.45) is 0 Å². The number of benzene rings is 1. The van der Waals surface area contributed by atoms with Gasteiger partial charge in [-0.3, -0.25) is 4.79 Å². The summed E-state index contributed by atoms with van der Waals surface area (Å²) in [4.78, 5) is 23.2. The Morgan fingerprint density at radius 3 is 2.80 bits per heavy atom. The predicted molar refractivity (Wildman–Crippen MR) is 89.5 cm³/mol. The number of carboxylic acid groups (broad SMARTS) is 1. The van der Waals surface area contributed by atoms with Crippen LogP contribution in [0.4, 0.5) is 0 Å². The van der Waals surface area contributed by atoms with Crippen LogP contribution >= 0.6 is 0 Å². The van der Waals surface area contributed by atoms with Gasteiger partial charge in [-0.05, 0) is 38.8 Å². The summed E-state index contributed by atoms with van der Waals surface area (Å²) in [5.41, 5.74) is 0.642. The summed E-state index contributed by atoms with van der Waals surface area (Å²) in [6.45, 7) is 4.24. The molecule has 7 heteroatoms. The zero-order chi connectivity index (χ0) is 18.0. The number of carbonyl (C=O) groups excluding carboxylic acids is 1. The van der Waals surface area contributed by atoms with E-state index in [0.717, 1.165) is 5.39 Å². The van der Waals surface area contributed by atoms with E-state index in [-0.39, 0.29) is 11.9 Å². The van der Waals surface area contributed by atoms with Crippen molar-refractivity contribution in [2.75, 3.05) is 6.61 Å². The molecule has 2 aromatic rings. The Bertz CT molecular complexity index is 783. The molecule has 0 radical (unpaired) electrons. The molecule has 0 spiro atoms. The molecule has 7 nitrogen and oxygen atoms in total. The van der Waals surface area contributed by atoms with Gasteiger partial charge in [0.05, 0.1) is 12.6 Å². The van der Waals surface area contributed by atoms with Crippen LogP contribution in [-0.2, 0) is 14.3 Å². The normalized spacial score (nSPS) is 21.2. The second kappa shape index (κ2) is 7.14. The molecule has 0 bridgehead atoms. The standard InChI is InChI=1S/C18H21NO6/c1-3-23-12-6-4-5-11-9-15(25-16(11)12)10(2)19-17(20)13-7-8-14(24-13)18(21)22/h4-6,9-10,13-14H,3,7-8H2,1-2H3,(H,19,20)(H,21,22)/t10?,13-,14+/m0/s1. The lowest BCUT2D eigenvalue weighted by molar-refractivity contribution is -0.151. The summed E-state index contributed by atoms with van der Waals surface area (Å²) >= 11 is 0. The quantitative estimate of drug-likeness (QED) is 0.834. The average molecular weight is 347 g/mol. The summed E-state index contributed by atoms with van der Waals surface area (Å²) in [5.74, 6) is -0.109. The number of nitrogens with one attached hydrogen (secondary N) is 1. The van der Waals surface area contributed by atoms with Gasteiger partial charge in [-0.2, -0.15) is 0 Å². The van der Waals surface area contributed by atoms with Gasteiger partial charge < -0.3 is 24.3 Å². The molecule has 1 unspecified atom stereocenters. The highest BCUT2D eigenvalue weighted by Crippen LogP contribution is 2.31. The van der Waals surface area contributed by atoms with Gasteiger partial charge in [0.2, 0.25) is 5.91 Å². The second-order valence-corrected chi connectivity index (χ2v) is 6.02. The lowest BCUT2D eigenvalue weighted by Gasteiger charge is -2.15. The number of ether oxygens (including phenoxy) is 2. The van der Waals surface area contributed by atoms with Crippen molar-refractivity contribution in [3.63, 3.8) is 0 Å². The number of aliphatic carboxylic acids is 1. The first-order chi connectivity index (χ1) is 12.0. The highest BCUT2D eigenvalue weighted by molar-refractivity contribution is 5.85. The third-order valence-electron chi connectivity index (χ3n) is 4.20. The molecule has 1 saturated heterocycles. The van der Waals surface area contributed by atoms with Crippen molar-refractivity contribution in [1.29, 1.82) is 0 Å². The van der Waals surface area contributed by atoms with Crippen molar-refractivity contribution in [2.45, 2.75) is 44.9 Å². The molecule has 0 saturated carbocycles. The van der Waals surface area contributed by atoms with E-state index in [0.29, 0.717) is 36.5 Å². The van der Waals surface area contributed by atoms with Gasteiger partial charge in [-0.15, -0.1) is 0 Å². The van der Waals surface area contributed by atoms with Gasteiger partial charge >= 0.3 is 5.97 Å². The van der Waals surface area contributed by atoms with Crippen molar-refractivity contribution in [3.05, 3.63) is 30.0 Å². The zero-order valence-electron chi connectivity index (χ0n) is 14.2. The first-order valence-electron chi connectivity index (χ1n) is 8.33. The largest absolute Gasteiger partial charge is 0.490 e. The fourth-order valence-electron chi connectivity index (χ4n) is 2.93. The van der Waals surface area contributed by atoms with Gasteiger partial charge in [0, 0.05) is 5.39 Å². The summed E-state index contributed by atoms with van der Waals surface area (Å²) in [5, 5.41) is 12.7. The summed E-state index contributed by atoms with van der Waals surface area (Å²) in [7, 11) is 0. The molecular formula is C18H21NO6. The molecule has 1 aromatic heterocycles. The molecule has 134 valence electrons. The van der Waals surface area contributed by atoms with Gasteiger partial charge in [-0.1, -0.05) is 12.1 Å². The van der Waals surface area contributed by atoms with Crippen molar-refractivity contribution >= 4 is 22.8 Å². The Morgan fingerprint density at radius 1 is 1.36 bits per heavy atom. The van der Waals surface area contributed by atoms with Crippen LogP contribution in [-0.4, -0.2) is 35.8 Å². The number of carbonyl (C=O) groups is 2. The molecule has 1 aliphatic heterocycles. The Labute approximate surface area is 144 Å². The van der Waals surface area contributed by atoms with Crippen molar-refractivity contribution in [3.8, 4) is 5.75 Å². The minimum Gasteiger partial charge on any atom is -0.490 e. The first-order valence-corrected chi connectivity index (χ1v) is 8.33. The van der Waals surface area contributed by atoms with E-state index in [9.17, 15) is 9.59 Å². The highest BCUT2D eigenvalue weighted by Gasteiger charge is 2.35. The van der Waals surface area contributed by atoms with Gasteiger partial charge in [-0.25, -0.2) is 4.79 Å². The number of hydrogen-bond donors (Lipinski definition) is 2. The van der Waals surface area contributed by atoms with E-state index in [4.69, 9.17) is 19.0 Å². The molecule has 3 atom stereocenters. The predicted octanol–water partition coefficient (Wildman–Crippen LogP) is 2.64. The summed E-state index contributed by atoms with van der Waals surface area (Å²) in [6.07, 6.45) is -0.924. The lowest BCUT2D eigenvalue weighted by atomic mass is 10.1. The van der Waals surface area contributed by atoms with E-state index in [2.05, 4.69) is 5.32 Å². The Kier molecular flexibility index (Phi) is 4.94. The van der Waals surface area contributed by atoms with E-state index >= 15 is 0 Å². The lowest BCUT2D eigenvalue weighted by Crippen LogP contribution is -2.36. The Balaban J connectivity index is 1.70. The van der Waals surface area contributed by atoms with Crippen LogP contribution in [0, 0.1) is 0 Å². The Morgan fingerprint density at radius 2 is 2.12 bits per heavy atom. The highest BCUT2D eigenvalue weighted by atomic mass is 16.5. The van der Waals surface area contributed by atoms with Gasteiger partial charge in [0.15, 0.2) is 17.4 Å². The van der Waals surface area contributed by atoms with Crippen LogP contribution < -0.4 is 10.1 Å². The van der Waals surface area contributed by atoms with Crippen LogP contribution in [0.5, 0.6) is 5.75 Å². The number of hydrogen-bond acceptors (Lipinski definition) is 5. The third-order valence-corrected chi connectivity index (χ3v) is 4.20. The van der Waals surface area contributed by atoms with Crippen molar-refractivity contribution in [1.82, 2.24) is 5.32 Å². The molecule has 0 aliphatic carbocycles. The van der Waals surface area contributed by atoms with Crippen LogP contribution in [0.15, 0.2) is 28.7 Å². The van der Waals surface area contributed by atoms with E-state index in [1.165, 1.54) is 0 Å². The van der Waals surface area contributed by atoms with Crippen LogP contribution in [0.1, 0.15) is 38.5 Å². The van der Waals surface area contributed by atoms with Crippen LogP contribution in [0.25, 0.3) is 11.0 Å². The van der Waals surface area contributed by atoms with Crippen molar-refractivity contribution < 1.29 is 28.6 Å². The zero-order valence-corrected chi connectivity index (χ0v) is 14.2. The first kappa shape index (κ1) is 17.3. The number of furan rings is 1. The molecule has 1 aliphatic rings. The number of rotatable bonds is 6. The Hall–Kier alpha value is -2.54. The summed E-state index contributed by atoms with van der Waals surface area (Å²) < 4.78 is 16.7. The van der Waals surface area contributed by atoms with E-state index < -0.39 is 18.2 Å². The minimum atomic E-state index is -1.04. The maximum Gasteiger partial charge on any atom is 0.332 e. The molecule has 25 heavy (non-hydrogen) atoms. The maximum atomic E-state index is 12.3. The van der Waals surface area contributed by atoms with Gasteiger partial charge in [0.25, 0.3) is 0 Å². The fraction of sp³-hybridized carbons (Fsp3) is 0.444. The number of carboxylic acids is 1. The number of fused-ring (bicyclic) bond motifs is 1. The molecule has 1 fully saturated rings. The third kappa shape index (κ3) is 3.61. The maximum absolute atomic E-state index is 12.3. The molecule has 1 aromatic carbocycles. The second-order valence-electron chi connectivity index (χ2n) is 6.02. The number of amides is 1. The molecule has 2 N–H and O–H groups in total. The van der Waals surface area contributed by atoms with E-state index in [1.807, 2.05) is 31.2 Å². The number of para-hydroxylation sites is 1. The molecular weight excluding hydrogens is 326 g/mol. The summed E-state index contributed by atoms with van der Waals surface area (Å²) in [6, 6.07) is 7.12. The monoisotopic (exact) mass is 347 g/mol. The fourth-order valence-corrected chi connectivity index (χ4v) is 2.93.